The van der Waals surface area contributed by atoms with E-state index in [-0.39, 0.29) is 12.5 Å². The highest BCUT2D eigenvalue weighted by Gasteiger charge is 2.20. The normalized spacial score (nSPS) is 14.4. The maximum Gasteiger partial charge on any atom is 0.317 e. The Bertz CT molecular complexity index is 566. The molecule has 1 aliphatic rings. The second-order valence-electron chi connectivity index (χ2n) is 5.67. The summed E-state index contributed by atoms with van der Waals surface area (Å²) < 4.78 is 24.5. The number of benzene rings is 1. The number of hydrogen-bond donors (Lipinski definition) is 1. The number of nitrogens with one attached hydrogen (secondary N) is 1. The molecule has 0 unspecified atom stereocenters. The summed E-state index contributed by atoms with van der Waals surface area (Å²) in [6.45, 7) is 1.00. The summed E-state index contributed by atoms with van der Waals surface area (Å²) in [5.41, 5.74) is 1.86. The van der Waals surface area contributed by atoms with Gasteiger partial charge in [-0.3, -0.25) is 4.79 Å². The minimum Gasteiger partial charge on any atom is -0.338 e. The summed E-state index contributed by atoms with van der Waals surface area (Å²) in [5, 5.41) is 2.61. The Kier molecular flexibility index (Phi) is 5.90. The fraction of sp³-hybridized carbons (Fsp3) is 0.500. The molecule has 23 heavy (non-hydrogen) atoms. The Labute approximate surface area is 134 Å². The number of carbonyl (C=O) groups excluding carboxylic acids is 2. The molecular weight excluding hydrogens is 304 g/mol. The Morgan fingerprint density at radius 1 is 1.39 bits per heavy atom. The average Bonchev–Trinajstić information content (AvgIpc) is 2.89. The Hall–Kier alpha value is -2.18. The van der Waals surface area contributed by atoms with Gasteiger partial charge in [0.25, 0.3) is 6.43 Å². The van der Waals surface area contributed by atoms with Crippen molar-refractivity contribution < 1.29 is 18.4 Å². The van der Waals surface area contributed by atoms with Crippen molar-refractivity contribution in [2.24, 2.45) is 0 Å². The number of urea groups is 1. The Balaban J connectivity index is 1.87. The largest absolute Gasteiger partial charge is 0.338 e. The Morgan fingerprint density at radius 3 is 2.78 bits per heavy atom. The molecule has 1 saturated heterocycles. The van der Waals surface area contributed by atoms with Crippen molar-refractivity contribution >= 4 is 11.9 Å². The van der Waals surface area contributed by atoms with E-state index in [1.165, 1.54) is 7.05 Å². The molecule has 0 aromatic heterocycles. The average molecular weight is 325 g/mol. The number of amides is 3. The predicted molar refractivity (Wildman–Crippen MR) is 82.0 cm³/mol. The highest BCUT2D eigenvalue weighted by molar-refractivity contribution is 5.78. The molecule has 0 bridgehead atoms. The van der Waals surface area contributed by atoms with Crippen LogP contribution in [0.5, 0.6) is 0 Å². The zero-order valence-electron chi connectivity index (χ0n) is 13.1. The van der Waals surface area contributed by atoms with Gasteiger partial charge in [0, 0.05) is 33.1 Å². The van der Waals surface area contributed by atoms with E-state index in [0.717, 1.165) is 29.0 Å². The molecule has 1 N–H and O–H groups in total. The lowest BCUT2D eigenvalue weighted by molar-refractivity contribution is -0.128. The zero-order valence-corrected chi connectivity index (χ0v) is 13.1. The summed E-state index contributed by atoms with van der Waals surface area (Å²) in [6.07, 6.45) is -1.05. The molecule has 0 aliphatic carbocycles. The van der Waals surface area contributed by atoms with Crippen LogP contribution in [0.15, 0.2) is 24.3 Å². The number of alkyl halides is 2. The lowest BCUT2D eigenvalue weighted by atomic mass is 10.1. The summed E-state index contributed by atoms with van der Waals surface area (Å²) >= 11 is 0. The van der Waals surface area contributed by atoms with Gasteiger partial charge in [0.15, 0.2) is 0 Å². The summed E-state index contributed by atoms with van der Waals surface area (Å²) in [4.78, 5) is 26.1. The number of likely N-dealkylation sites (tertiary alicyclic amines) is 1. The van der Waals surface area contributed by atoms with E-state index in [1.807, 2.05) is 29.2 Å². The monoisotopic (exact) mass is 325 g/mol. The molecule has 2 rings (SSSR count). The quantitative estimate of drug-likeness (QED) is 0.872. The smallest absolute Gasteiger partial charge is 0.317 e. The first-order valence-electron chi connectivity index (χ1n) is 7.58. The summed E-state index contributed by atoms with van der Waals surface area (Å²) in [5.74, 6) is 0.164. The fourth-order valence-corrected chi connectivity index (χ4v) is 2.53. The highest BCUT2D eigenvalue weighted by atomic mass is 19.3. The third-order valence-electron chi connectivity index (χ3n) is 3.74. The van der Waals surface area contributed by atoms with Crippen LogP contribution < -0.4 is 5.32 Å². The van der Waals surface area contributed by atoms with Gasteiger partial charge in [-0.25, -0.2) is 13.6 Å². The molecule has 7 heteroatoms. The van der Waals surface area contributed by atoms with Gasteiger partial charge in [0.1, 0.15) is 0 Å². The molecule has 3 amide bonds. The topological polar surface area (TPSA) is 52.7 Å². The van der Waals surface area contributed by atoms with E-state index >= 15 is 0 Å². The second-order valence-corrected chi connectivity index (χ2v) is 5.67. The summed E-state index contributed by atoms with van der Waals surface area (Å²) in [7, 11) is 1.33. The van der Waals surface area contributed by atoms with E-state index in [0.29, 0.717) is 13.0 Å². The molecule has 1 aromatic carbocycles. The van der Waals surface area contributed by atoms with Crippen LogP contribution >= 0.6 is 0 Å². The standard InChI is InChI=1S/C16H21F2N3O2/c1-20(11-14(17)18)16(23)19-9-12-4-2-5-13(8-12)10-21-7-3-6-15(21)22/h2,4-5,8,14H,3,6-7,9-11H2,1H3,(H,19,23). The zero-order chi connectivity index (χ0) is 16.8. The van der Waals surface area contributed by atoms with Crippen molar-refractivity contribution in [3.05, 3.63) is 35.4 Å². The molecule has 1 heterocycles. The maximum absolute atomic E-state index is 12.2. The lowest BCUT2D eigenvalue weighted by Gasteiger charge is -2.18. The minimum atomic E-state index is -2.55. The number of hydrogen-bond acceptors (Lipinski definition) is 2. The van der Waals surface area contributed by atoms with Crippen molar-refractivity contribution in [2.45, 2.75) is 32.4 Å². The lowest BCUT2D eigenvalue weighted by Crippen LogP contribution is -2.39. The number of nitrogens with zero attached hydrogens (tertiary/aromatic N) is 2. The van der Waals surface area contributed by atoms with Crippen molar-refractivity contribution in [2.75, 3.05) is 20.1 Å². The molecule has 0 radical (unpaired) electrons. The van der Waals surface area contributed by atoms with Crippen LogP contribution in [-0.2, 0) is 17.9 Å². The third kappa shape index (κ3) is 5.19. The molecule has 126 valence electrons. The third-order valence-corrected chi connectivity index (χ3v) is 3.74. The molecule has 0 saturated carbocycles. The van der Waals surface area contributed by atoms with Crippen molar-refractivity contribution in [3.63, 3.8) is 0 Å². The van der Waals surface area contributed by atoms with Gasteiger partial charge in [0.05, 0.1) is 6.54 Å². The van der Waals surface area contributed by atoms with Gasteiger partial charge in [-0.1, -0.05) is 24.3 Å². The van der Waals surface area contributed by atoms with Gasteiger partial charge >= 0.3 is 6.03 Å². The molecule has 1 aromatic rings. The van der Waals surface area contributed by atoms with E-state index < -0.39 is 19.0 Å². The van der Waals surface area contributed by atoms with Crippen molar-refractivity contribution in [1.82, 2.24) is 15.1 Å². The van der Waals surface area contributed by atoms with Gasteiger partial charge in [-0.15, -0.1) is 0 Å². The first kappa shape index (κ1) is 17.2. The molecule has 1 aliphatic heterocycles. The fourth-order valence-electron chi connectivity index (χ4n) is 2.53. The highest BCUT2D eigenvalue weighted by Crippen LogP contribution is 2.15. The molecule has 0 spiro atoms. The van der Waals surface area contributed by atoms with E-state index in [2.05, 4.69) is 5.32 Å². The maximum atomic E-state index is 12.2. The van der Waals surface area contributed by atoms with Crippen LogP contribution in [0.3, 0.4) is 0 Å². The summed E-state index contributed by atoms with van der Waals surface area (Å²) in [6, 6.07) is 7.02. The predicted octanol–water partition coefficient (Wildman–Crippen LogP) is 2.22. The van der Waals surface area contributed by atoms with Crippen LogP contribution in [0.4, 0.5) is 13.6 Å². The van der Waals surface area contributed by atoms with Crippen LogP contribution in [0.2, 0.25) is 0 Å². The molecule has 5 nitrogen and oxygen atoms in total. The van der Waals surface area contributed by atoms with Crippen LogP contribution in [-0.4, -0.2) is 48.3 Å². The minimum absolute atomic E-state index is 0.164. The number of halogens is 2. The van der Waals surface area contributed by atoms with Crippen molar-refractivity contribution in [1.29, 1.82) is 0 Å². The molecular formula is C16H21F2N3O2. The SMILES string of the molecule is CN(CC(F)F)C(=O)NCc1cccc(CN2CCCC2=O)c1. The van der Waals surface area contributed by atoms with Crippen molar-refractivity contribution in [3.8, 4) is 0 Å². The second kappa shape index (κ2) is 7.89. The van der Waals surface area contributed by atoms with Gasteiger partial charge in [-0.2, -0.15) is 0 Å². The first-order chi connectivity index (χ1) is 11.0. The van der Waals surface area contributed by atoms with Gasteiger partial charge in [-0.05, 0) is 17.5 Å². The van der Waals surface area contributed by atoms with Gasteiger partial charge in [0.2, 0.25) is 5.91 Å². The van der Waals surface area contributed by atoms with Crippen LogP contribution in [0.25, 0.3) is 0 Å². The van der Waals surface area contributed by atoms with E-state index in [9.17, 15) is 18.4 Å². The first-order valence-corrected chi connectivity index (χ1v) is 7.58. The molecule has 1 fully saturated rings. The van der Waals surface area contributed by atoms with Crippen LogP contribution in [0.1, 0.15) is 24.0 Å². The van der Waals surface area contributed by atoms with E-state index in [1.54, 1.807) is 0 Å². The Morgan fingerprint density at radius 2 is 2.13 bits per heavy atom. The van der Waals surface area contributed by atoms with E-state index in [4.69, 9.17) is 0 Å². The number of rotatable bonds is 6. The van der Waals surface area contributed by atoms with Crippen LogP contribution in [0, 0.1) is 0 Å². The van der Waals surface area contributed by atoms with Gasteiger partial charge < -0.3 is 15.1 Å². The molecule has 0 atom stereocenters. The number of carbonyl (C=O) groups is 2.